The van der Waals surface area contributed by atoms with Gasteiger partial charge in [-0.05, 0) is 67.4 Å². The Hall–Kier alpha value is -1.06. The van der Waals surface area contributed by atoms with Crippen molar-refractivity contribution in [2.24, 2.45) is 23.7 Å². The number of alkyl halides is 2. The molecule has 4 heteroatoms. The van der Waals surface area contributed by atoms with E-state index in [4.69, 9.17) is 0 Å². The summed E-state index contributed by atoms with van der Waals surface area (Å²) in [5.74, 6) is -5.15. The van der Waals surface area contributed by atoms with Gasteiger partial charge >= 0.3 is 0 Å². The van der Waals surface area contributed by atoms with Crippen molar-refractivity contribution in [3.05, 3.63) is 34.4 Å². The van der Waals surface area contributed by atoms with Gasteiger partial charge in [0.1, 0.15) is 0 Å². The first kappa shape index (κ1) is 22.6. The van der Waals surface area contributed by atoms with Crippen LogP contribution in [-0.4, -0.2) is 0 Å². The van der Waals surface area contributed by atoms with Crippen molar-refractivity contribution in [1.29, 1.82) is 0 Å². The van der Waals surface area contributed by atoms with Gasteiger partial charge < -0.3 is 0 Å². The van der Waals surface area contributed by atoms with Crippen LogP contribution in [0.2, 0.25) is 0 Å². The number of rotatable bonds is 3. The fraction of sp³-hybridized carbons (Fsp3) is 0.760. The molecule has 1 aromatic carbocycles. The molecule has 0 saturated heterocycles. The minimum Gasteiger partial charge on any atom is -0.203 e. The van der Waals surface area contributed by atoms with Gasteiger partial charge in [-0.1, -0.05) is 58.9 Å². The summed E-state index contributed by atoms with van der Waals surface area (Å²) in [6.45, 7) is 5.72. The second-order valence-corrected chi connectivity index (χ2v) is 9.06. The Morgan fingerprint density at radius 2 is 1.38 bits per heavy atom. The zero-order chi connectivity index (χ0) is 21.2. The third kappa shape index (κ3) is 4.23. The maximum absolute atomic E-state index is 15.1. The van der Waals surface area contributed by atoms with Crippen molar-refractivity contribution in [3.8, 4) is 0 Å². The normalized spacial score (nSPS) is 29.1. The predicted octanol–water partition coefficient (Wildman–Crippen LogP) is 8.20. The lowest BCUT2D eigenvalue weighted by molar-refractivity contribution is -0.0855. The number of hydrogen-bond donors (Lipinski definition) is 0. The second-order valence-electron chi connectivity index (χ2n) is 9.06. The van der Waals surface area contributed by atoms with Crippen LogP contribution in [0.3, 0.4) is 0 Å². The zero-order valence-corrected chi connectivity index (χ0v) is 18.2. The maximum Gasteiger partial charge on any atom is 0.279 e. The molecule has 164 valence electrons. The molecule has 0 bridgehead atoms. The molecule has 2 saturated carbocycles. The average molecular weight is 413 g/mol. The molecule has 1 atom stereocenters. The van der Waals surface area contributed by atoms with Crippen LogP contribution in [0, 0.1) is 35.3 Å². The van der Waals surface area contributed by atoms with E-state index in [-0.39, 0.29) is 17.9 Å². The highest BCUT2D eigenvalue weighted by Crippen LogP contribution is 2.54. The highest BCUT2D eigenvalue weighted by molar-refractivity contribution is 5.42. The van der Waals surface area contributed by atoms with Crippen LogP contribution in [0.5, 0.6) is 0 Å². The second kappa shape index (κ2) is 9.39. The van der Waals surface area contributed by atoms with E-state index in [9.17, 15) is 8.78 Å². The predicted molar refractivity (Wildman–Crippen MR) is 110 cm³/mol. The van der Waals surface area contributed by atoms with E-state index >= 15 is 8.78 Å². The first-order chi connectivity index (χ1) is 13.9. The molecule has 3 aliphatic rings. The molecule has 0 aromatic heterocycles. The lowest BCUT2D eigenvalue weighted by Gasteiger charge is -2.39. The van der Waals surface area contributed by atoms with Gasteiger partial charge in [0.15, 0.2) is 11.6 Å². The smallest absolute Gasteiger partial charge is 0.203 e. The van der Waals surface area contributed by atoms with Crippen molar-refractivity contribution < 1.29 is 17.6 Å². The summed E-state index contributed by atoms with van der Waals surface area (Å²) in [4.78, 5) is 0. The maximum atomic E-state index is 15.1. The number of halogens is 4. The number of fused-ring (bicyclic) bond motifs is 1. The van der Waals surface area contributed by atoms with E-state index < -0.39 is 29.0 Å². The molecule has 1 unspecified atom stereocenters. The topological polar surface area (TPSA) is 0 Å². The zero-order valence-electron chi connectivity index (χ0n) is 18.2. The van der Waals surface area contributed by atoms with Crippen molar-refractivity contribution in [3.63, 3.8) is 0 Å². The monoisotopic (exact) mass is 412 g/mol. The molecular formula is C25H36F4. The lowest BCUT2D eigenvalue weighted by Crippen LogP contribution is -2.33. The van der Waals surface area contributed by atoms with Crippen molar-refractivity contribution in [2.45, 2.75) is 97.3 Å². The van der Waals surface area contributed by atoms with Crippen LogP contribution >= 0.6 is 0 Å². The van der Waals surface area contributed by atoms with Crippen molar-refractivity contribution in [1.82, 2.24) is 0 Å². The lowest BCUT2D eigenvalue weighted by atomic mass is 9.68. The molecule has 3 aliphatic carbocycles. The van der Waals surface area contributed by atoms with Gasteiger partial charge in [-0.25, -0.2) is 17.6 Å². The summed E-state index contributed by atoms with van der Waals surface area (Å²) in [5.41, 5.74) is -0.115. The molecule has 2 fully saturated rings. The van der Waals surface area contributed by atoms with Crippen LogP contribution in [0.25, 0.3) is 0 Å². The highest BCUT2D eigenvalue weighted by atomic mass is 19.3. The summed E-state index contributed by atoms with van der Waals surface area (Å²) in [6, 6.07) is 1.48. The molecule has 0 spiro atoms. The Balaban J connectivity index is 0.00000117. The molecule has 29 heavy (non-hydrogen) atoms. The highest BCUT2D eigenvalue weighted by Gasteiger charge is 2.54. The third-order valence-corrected chi connectivity index (χ3v) is 7.69. The van der Waals surface area contributed by atoms with Gasteiger partial charge in [0, 0.05) is 5.92 Å². The van der Waals surface area contributed by atoms with E-state index in [1.54, 1.807) is 6.92 Å². The Bertz CT molecular complexity index is 683. The fourth-order valence-corrected chi connectivity index (χ4v) is 6.15. The molecule has 0 amide bonds. The van der Waals surface area contributed by atoms with E-state index in [1.807, 2.05) is 13.8 Å². The van der Waals surface area contributed by atoms with E-state index in [2.05, 4.69) is 0 Å². The van der Waals surface area contributed by atoms with E-state index in [0.29, 0.717) is 17.9 Å². The number of benzene rings is 1. The number of aryl methyl sites for hydroxylation is 1. The SMILES string of the molecule is CC.CCc1cc2c(c(F)c1F)C(F)(F)C(C1CCC(C3CCCCC3)CC1)C2. The van der Waals surface area contributed by atoms with Crippen LogP contribution in [0.15, 0.2) is 6.07 Å². The summed E-state index contributed by atoms with van der Waals surface area (Å²) >= 11 is 0. The molecule has 0 N–H and O–H groups in total. The van der Waals surface area contributed by atoms with Crippen LogP contribution in [0.1, 0.15) is 95.2 Å². The van der Waals surface area contributed by atoms with Crippen LogP contribution < -0.4 is 0 Å². The van der Waals surface area contributed by atoms with Crippen LogP contribution in [0.4, 0.5) is 17.6 Å². The minimum absolute atomic E-state index is 0.0835. The van der Waals surface area contributed by atoms with Crippen molar-refractivity contribution >= 4 is 0 Å². The molecule has 1 aromatic rings. The Kier molecular flexibility index (Phi) is 7.32. The minimum atomic E-state index is -3.26. The Labute approximate surface area is 173 Å². The van der Waals surface area contributed by atoms with E-state index in [0.717, 1.165) is 31.6 Å². The standard InChI is InChI=1S/C23H30F4.C2H6/c1-2-14-12-18-13-19(23(26,27)20(18)22(25)21(14)24)17-10-8-16(9-11-17)15-6-4-3-5-7-15;1-2/h12,15-17,19H,2-11,13H2,1H3;1-2H3. The Morgan fingerprint density at radius 3 is 1.97 bits per heavy atom. The number of hydrogen-bond acceptors (Lipinski definition) is 0. The molecule has 0 radical (unpaired) electrons. The van der Waals surface area contributed by atoms with Gasteiger partial charge in [0.05, 0.1) is 5.56 Å². The largest absolute Gasteiger partial charge is 0.279 e. The first-order valence-electron chi connectivity index (χ1n) is 11.8. The summed E-state index contributed by atoms with van der Waals surface area (Å²) in [7, 11) is 0. The van der Waals surface area contributed by atoms with Gasteiger partial charge in [-0.2, -0.15) is 0 Å². The van der Waals surface area contributed by atoms with Crippen molar-refractivity contribution in [2.75, 3.05) is 0 Å². The van der Waals surface area contributed by atoms with Gasteiger partial charge in [0.25, 0.3) is 5.92 Å². The molecule has 0 aliphatic heterocycles. The van der Waals surface area contributed by atoms with Gasteiger partial charge in [-0.15, -0.1) is 0 Å². The summed E-state index contributed by atoms with van der Waals surface area (Å²) in [6.07, 6.45) is 10.7. The van der Waals surface area contributed by atoms with Gasteiger partial charge in [-0.3, -0.25) is 0 Å². The average Bonchev–Trinajstić information content (AvgIpc) is 3.03. The summed E-state index contributed by atoms with van der Waals surface area (Å²) < 4.78 is 58.8. The molecule has 4 rings (SSSR count). The van der Waals surface area contributed by atoms with E-state index in [1.165, 1.54) is 38.2 Å². The first-order valence-corrected chi connectivity index (χ1v) is 11.8. The van der Waals surface area contributed by atoms with Crippen LogP contribution in [-0.2, 0) is 18.8 Å². The third-order valence-electron chi connectivity index (χ3n) is 7.69. The molecule has 0 nitrogen and oxygen atoms in total. The van der Waals surface area contributed by atoms with Gasteiger partial charge in [0.2, 0.25) is 0 Å². The molecule has 0 heterocycles. The molecular weight excluding hydrogens is 376 g/mol. The summed E-state index contributed by atoms with van der Waals surface area (Å²) in [5, 5.41) is 0. The quantitative estimate of drug-likeness (QED) is 0.439. The Morgan fingerprint density at radius 1 is 0.828 bits per heavy atom. The fourth-order valence-electron chi connectivity index (χ4n) is 6.15.